The van der Waals surface area contributed by atoms with Gasteiger partial charge in [-0.2, -0.15) is 0 Å². The van der Waals surface area contributed by atoms with Gasteiger partial charge in [-0.3, -0.25) is 4.79 Å². The number of carbonyl (C=O) groups excluding carboxylic acids is 1. The van der Waals surface area contributed by atoms with Gasteiger partial charge in [0.15, 0.2) is 0 Å². The zero-order chi connectivity index (χ0) is 15.5. The number of piperazine rings is 1. The molecule has 23 heavy (non-hydrogen) atoms. The van der Waals surface area contributed by atoms with Gasteiger partial charge in [-0.05, 0) is 42.0 Å². The Bertz CT molecular complexity index is 661. The second-order valence-electron chi connectivity index (χ2n) is 5.28. The van der Waals surface area contributed by atoms with Crippen molar-refractivity contribution in [1.82, 2.24) is 10.2 Å². The highest BCUT2D eigenvalue weighted by Gasteiger charge is 2.28. The highest BCUT2D eigenvalue weighted by molar-refractivity contribution is 9.10. The van der Waals surface area contributed by atoms with Crippen LogP contribution >= 0.6 is 39.9 Å². The minimum absolute atomic E-state index is 0. The molecule has 3 nitrogen and oxygen atoms in total. The van der Waals surface area contributed by atoms with Crippen LogP contribution < -0.4 is 5.32 Å². The fourth-order valence-electron chi connectivity index (χ4n) is 2.69. The van der Waals surface area contributed by atoms with E-state index in [4.69, 9.17) is 11.6 Å². The molecule has 6 heteroatoms. The fraction of sp³-hybridized carbons (Fsp3) is 0.235. The third-order valence-electron chi connectivity index (χ3n) is 3.85. The molecule has 0 bridgehead atoms. The summed E-state index contributed by atoms with van der Waals surface area (Å²) in [5, 5.41) is 4.07. The quantitative estimate of drug-likeness (QED) is 0.792. The Hall–Kier alpha value is -1.07. The van der Waals surface area contributed by atoms with Crippen LogP contribution in [0, 0.1) is 0 Å². The van der Waals surface area contributed by atoms with Crippen molar-refractivity contribution in [3.05, 3.63) is 69.2 Å². The maximum Gasteiger partial charge on any atom is 0.254 e. The van der Waals surface area contributed by atoms with Crippen LogP contribution in [0.3, 0.4) is 0 Å². The van der Waals surface area contributed by atoms with E-state index < -0.39 is 0 Å². The molecular formula is C17H17BrCl2N2O. The summed E-state index contributed by atoms with van der Waals surface area (Å²) in [7, 11) is 0. The molecule has 0 saturated carbocycles. The summed E-state index contributed by atoms with van der Waals surface area (Å²) in [6.45, 7) is 2.26. The molecule has 3 rings (SSSR count). The van der Waals surface area contributed by atoms with Crippen molar-refractivity contribution >= 4 is 45.8 Å². The molecule has 1 amide bonds. The van der Waals surface area contributed by atoms with Crippen LogP contribution in [0.25, 0.3) is 0 Å². The maximum atomic E-state index is 12.8. The van der Waals surface area contributed by atoms with Gasteiger partial charge in [0.1, 0.15) is 0 Å². The first-order chi connectivity index (χ1) is 10.6. The van der Waals surface area contributed by atoms with Crippen molar-refractivity contribution in [3.8, 4) is 0 Å². The molecular weight excluding hydrogens is 399 g/mol. The Labute approximate surface area is 155 Å². The minimum atomic E-state index is 0. The molecule has 1 N–H and O–H groups in total. The topological polar surface area (TPSA) is 32.3 Å². The van der Waals surface area contributed by atoms with E-state index in [0.717, 1.165) is 23.1 Å². The number of halogens is 3. The van der Waals surface area contributed by atoms with Crippen LogP contribution in [0.15, 0.2) is 53.0 Å². The van der Waals surface area contributed by atoms with Crippen LogP contribution in [-0.2, 0) is 0 Å². The molecule has 2 aromatic carbocycles. The Morgan fingerprint density at radius 1 is 1.13 bits per heavy atom. The van der Waals surface area contributed by atoms with Gasteiger partial charge >= 0.3 is 0 Å². The molecule has 1 heterocycles. The number of carbonyl (C=O) groups is 1. The molecule has 1 fully saturated rings. The van der Waals surface area contributed by atoms with E-state index in [2.05, 4.69) is 21.2 Å². The molecule has 0 unspecified atom stereocenters. The predicted molar refractivity (Wildman–Crippen MR) is 99.5 cm³/mol. The molecule has 1 saturated heterocycles. The zero-order valence-electron chi connectivity index (χ0n) is 12.3. The van der Waals surface area contributed by atoms with Crippen LogP contribution in [0.1, 0.15) is 22.0 Å². The van der Waals surface area contributed by atoms with E-state index in [-0.39, 0.29) is 24.4 Å². The van der Waals surface area contributed by atoms with Gasteiger partial charge in [0, 0.05) is 34.7 Å². The van der Waals surface area contributed by atoms with E-state index >= 15 is 0 Å². The van der Waals surface area contributed by atoms with Crippen LogP contribution in [0.5, 0.6) is 0 Å². The molecule has 122 valence electrons. The van der Waals surface area contributed by atoms with E-state index in [0.29, 0.717) is 17.1 Å². The molecule has 0 aromatic heterocycles. The van der Waals surface area contributed by atoms with Crippen molar-refractivity contribution in [3.63, 3.8) is 0 Å². The first-order valence-electron chi connectivity index (χ1n) is 7.18. The van der Waals surface area contributed by atoms with Gasteiger partial charge in [-0.1, -0.05) is 39.7 Å². The number of benzene rings is 2. The summed E-state index contributed by atoms with van der Waals surface area (Å²) >= 11 is 9.36. The van der Waals surface area contributed by atoms with Gasteiger partial charge in [0.05, 0.1) is 6.04 Å². The Balaban J connectivity index is 0.00000192. The molecule has 0 radical (unpaired) electrons. The van der Waals surface area contributed by atoms with Crippen LogP contribution in [-0.4, -0.2) is 30.4 Å². The number of nitrogens with zero attached hydrogens (tertiary/aromatic N) is 1. The number of hydrogen-bond acceptors (Lipinski definition) is 2. The van der Waals surface area contributed by atoms with Gasteiger partial charge in [0.2, 0.25) is 0 Å². The highest BCUT2D eigenvalue weighted by atomic mass is 79.9. The SMILES string of the molecule is Cl.O=C(c1ccc(Br)cc1)N1CCNC[C@H]1c1ccc(Cl)cc1. The fourth-order valence-corrected chi connectivity index (χ4v) is 3.08. The van der Waals surface area contributed by atoms with Crippen molar-refractivity contribution in [1.29, 1.82) is 0 Å². The summed E-state index contributed by atoms with van der Waals surface area (Å²) in [4.78, 5) is 14.8. The predicted octanol–water partition coefficient (Wildman–Crippen LogP) is 4.31. The molecule has 1 aliphatic rings. The Morgan fingerprint density at radius 2 is 1.78 bits per heavy atom. The second-order valence-corrected chi connectivity index (χ2v) is 6.63. The minimum Gasteiger partial charge on any atom is -0.329 e. The van der Waals surface area contributed by atoms with Crippen LogP contribution in [0.2, 0.25) is 5.02 Å². The van der Waals surface area contributed by atoms with E-state index in [1.807, 2.05) is 53.4 Å². The Kier molecular flexibility index (Phi) is 6.48. The Morgan fingerprint density at radius 3 is 2.43 bits per heavy atom. The summed E-state index contributed by atoms with van der Waals surface area (Å²) in [5.74, 6) is 0.0638. The highest BCUT2D eigenvalue weighted by Crippen LogP contribution is 2.25. The lowest BCUT2D eigenvalue weighted by Gasteiger charge is -2.36. The monoisotopic (exact) mass is 414 g/mol. The second kappa shape index (κ2) is 8.15. The van der Waals surface area contributed by atoms with E-state index in [1.165, 1.54) is 0 Å². The summed E-state index contributed by atoms with van der Waals surface area (Å²) in [6, 6.07) is 15.2. The zero-order valence-corrected chi connectivity index (χ0v) is 15.5. The first-order valence-corrected chi connectivity index (χ1v) is 8.35. The summed E-state index contributed by atoms with van der Waals surface area (Å²) in [6.07, 6.45) is 0. The summed E-state index contributed by atoms with van der Waals surface area (Å²) < 4.78 is 0.971. The average molecular weight is 416 g/mol. The maximum absolute atomic E-state index is 12.8. The van der Waals surface area contributed by atoms with Crippen molar-refractivity contribution in [2.24, 2.45) is 0 Å². The molecule has 2 aromatic rings. The van der Waals surface area contributed by atoms with Crippen molar-refractivity contribution in [2.45, 2.75) is 6.04 Å². The van der Waals surface area contributed by atoms with Crippen molar-refractivity contribution < 1.29 is 4.79 Å². The average Bonchev–Trinajstić information content (AvgIpc) is 2.56. The number of rotatable bonds is 2. The lowest BCUT2D eigenvalue weighted by atomic mass is 10.0. The lowest BCUT2D eigenvalue weighted by Crippen LogP contribution is -2.48. The van der Waals surface area contributed by atoms with Gasteiger partial charge in [-0.15, -0.1) is 12.4 Å². The number of nitrogens with one attached hydrogen (secondary N) is 1. The van der Waals surface area contributed by atoms with Crippen LogP contribution in [0.4, 0.5) is 0 Å². The standard InChI is InChI=1S/C17H16BrClN2O.ClH/c18-14-5-1-13(2-6-14)17(22)21-10-9-20-11-16(21)12-3-7-15(19)8-4-12;/h1-8,16,20H,9-11H2;1H/t16-;/m0./s1. The van der Waals surface area contributed by atoms with Gasteiger partial charge in [0.25, 0.3) is 5.91 Å². The largest absolute Gasteiger partial charge is 0.329 e. The summed E-state index contributed by atoms with van der Waals surface area (Å²) in [5.41, 5.74) is 1.81. The lowest BCUT2D eigenvalue weighted by molar-refractivity contribution is 0.0634. The van der Waals surface area contributed by atoms with Crippen molar-refractivity contribution in [2.75, 3.05) is 19.6 Å². The third kappa shape index (κ3) is 4.27. The van der Waals surface area contributed by atoms with Gasteiger partial charge < -0.3 is 10.2 Å². The number of hydrogen-bond donors (Lipinski definition) is 1. The molecule has 1 atom stereocenters. The first kappa shape index (κ1) is 18.3. The molecule has 1 aliphatic heterocycles. The molecule has 0 spiro atoms. The smallest absolute Gasteiger partial charge is 0.254 e. The third-order valence-corrected chi connectivity index (χ3v) is 4.63. The molecule has 0 aliphatic carbocycles. The van der Waals surface area contributed by atoms with Gasteiger partial charge in [-0.25, -0.2) is 0 Å². The van der Waals surface area contributed by atoms with E-state index in [1.54, 1.807) is 0 Å². The van der Waals surface area contributed by atoms with E-state index in [9.17, 15) is 4.79 Å². The normalized spacial score (nSPS) is 17.5. The number of amides is 1.